The van der Waals surface area contributed by atoms with Gasteiger partial charge in [-0.25, -0.2) is 4.98 Å². The molecule has 0 saturated carbocycles. The van der Waals surface area contributed by atoms with Gasteiger partial charge in [0.25, 0.3) is 0 Å². The third kappa shape index (κ3) is 5.75. The Bertz CT molecular complexity index is 454. The van der Waals surface area contributed by atoms with Crippen LogP contribution in [0.5, 0.6) is 0 Å². The first-order valence-electron chi connectivity index (χ1n) is 5.14. The van der Waals surface area contributed by atoms with Crippen LogP contribution < -0.4 is 11.1 Å². The van der Waals surface area contributed by atoms with Crippen molar-refractivity contribution in [1.29, 1.82) is 0 Å². The fourth-order valence-corrected chi connectivity index (χ4v) is 1.38. The standard InChI is InChI=1S/C10H11ClF3N3O2/c11-7-3-6(10(12,13)14)4-9(17-7)16-1-2-19-5-8(15)18/h3-4H,1-2,5H2,(H2,15,18)(H,16,17). The Kier molecular flexibility index (Phi) is 5.37. The number of ether oxygens (including phenoxy) is 1. The number of amides is 1. The van der Waals surface area contributed by atoms with Gasteiger partial charge in [0, 0.05) is 6.54 Å². The van der Waals surface area contributed by atoms with Gasteiger partial charge < -0.3 is 15.8 Å². The van der Waals surface area contributed by atoms with Crippen molar-refractivity contribution < 1.29 is 22.7 Å². The molecular formula is C10H11ClF3N3O2. The molecule has 106 valence electrons. The van der Waals surface area contributed by atoms with Crippen molar-refractivity contribution in [3.63, 3.8) is 0 Å². The summed E-state index contributed by atoms with van der Waals surface area (Å²) < 4.78 is 42.3. The molecule has 3 N–H and O–H groups in total. The van der Waals surface area contributed by atoms with E-state index in [2.05, 4.69) is 10.3 Å². The van der Waals surface area contributed by atoms with Gasteiger partial charge in [0.15, 0.2) is 0 Å². The number of halogens is 4. The normalized spacial score (nSPS) is 11.4. The molecule has 0 aromatic carbocycles. The van der Waals surface area contributed by atoms with Gasteiger partial charge in [-0.2, -0.15) is 13.2 Å². The van der Waals surface area contributed by atoms with Gasteiger partial charge >= 0.3 is 6.18 Å². The number of hydrogen-bond donors (Lipinski definition) is 2. The molecule has 0 unspecified atom stereocenters. The average Bonchev–Trinajstić information content (AvgIpc) is 2.26. The third-order valence-corrected chi connectivity index (χ3v) is 2.11. The van der Waals surface area contributed by atoms with Gasteiger partial charge in [-0.15, -0.1) is 0 Å². The monoisotopic (exact) mass is 297 g/mol. The van der Waals surface area contributed by atoms with Crippen LogP contribution in [0, 0.1) is 0 Å². The molecule has 0 fully saturated rings. The second kappa shape index (κ2) is 6.58. The minimum absolute atomic E-state index is 0.0255. The van der Waals surface area contributed by atoms with Crippen LogP contribution in [0.3, 0.4) is 0 Å². The zero-order valence-electron chi connectivity index (χ0n) is 9.63. The number of primary amides is 1. The molecule has 1 rings (SSSR count). The summed E-state index contributed by atoms with van der Waals surface area (Å²) in [5.41, 5.74) is 3.94. The number of hydrogen-bond acceptors (Lipinski definition) is 4. The summed E-state index contributed by atoms with van der Waals surface area (Å²) in [6.45, 7) is 0.00879. The summed E-state index contributed by atoms with van der Waals surface area (Å²) in [6.07, 6.45) is -4.49. The lowest BCUT2D eigenvalue weighted by Gasteiger charge is -2.10. The molecule has 9 heteroatoms. The van der Waals surface area contributed by atoms with Crippen LogP contribution in [0.25, 0.3) is 0 Å². The highest BCUT2D eigenvalue weighted by molar-refractivity contribution is 6.29. The number of nitrogens with one attached hydrogen (secondary N) is 1. The number of alkyl halides is 3. The predicted octanol–water partition coefficient (Wildman–Crippen LogP) is 1.67. The van der Waals surface area contributed by atoms with E-state index in [1.54, 1.807) is 0 Å². The fourth-order valence-electron chi connectivity index (χ4n) is 1.18. The highest BCUT2D eigenvalue weighted by atomic mass is 35.5. The molecule has 1 heterocycles. The Balaban J connectivity index is 2.54. The SMILES string of the molecule is NC(=O)COCCNc1cc(C(F)(F)F)cc(Cl)n1. The number of nitrogens with two attached hydrogens (primary N) is 1. The number of carbonyl (C=O) groups excluding carboxylic acids is 1. The predicted molar refractivity (Wildman–Crippen MR) is 62.8 cm³/mol. The molecule has 0 bridgehead atoms. The molecule has 0 aliphatic heterocycles. The maximum Gasteiger partial charge on any atom is 0.416 e. The van der Waals surface area contributed by atoms with Crippen LogP contribution in [0.15, 0.2) is 12.1 Å². The topological polar surface area (TPSA) is 77.2 Å². The molecular weight excluding hydrogens is 287 g/mol. The van der Waals surface area contributed by atoms with Gasteiger partial charge in [0.05, 0.1) is 12.2 Å². The van der Waals surface area contributed by atoms with E-state index in [-0.39, 0.29) is 30.7 Å². The van der Waals surface area contributed by atoms with E-state index in [9.17, 15) is 18.0 Å². The van der Waals surface area contributed by atoms with Crippen LogP contribution in [-0.2, 0) is 15.7 Å². The lowest BCUT2D eigenvalue weighted by Crippen LogP contribution is -2.20. The molecule has 0 radical (unpaired) electrons. The van der Waals surface area contributed by atoms with Crippen molar-refractivity contribution in [2.75, 3.05) is 25.1 Å². The number of rotatable bonds is 6. The second-order valence-electron chi connectivity index (χ2n) is 3.51. The maximum atomic E-state index is 12.5. The minimum atomic E-state index is -4.49. The summed E-state index contributed by atoms with van der Waals surface area (Å²) in [6, 6.07) is 1.57. The zero-order valence-corrected chi connectivity index (χ0v) is 10.4. The lowest BCUT2D eigenvalue weighted by atomic mass is 10.2. The van der Waals surface area contributed by atoms with Gasteiger partial charge in [0.2, 0.25) is 5.91 Å². The van der Waals surface area contributed by atoms with E-state index in [0.29, 0.717) is 0 Å². The van der Waals surface area contributed by atoms with Crippen LogP contribution >= 0.6 is 11.6 Å². The third-order valence-electron chi connectivity index (χ3n) is 1.92. The van der Waals surface area contributed by atoms with E-state index >= 15 is 0 Å². The Morgan fingerprint density at radius 2 is 2.16 bits per heavy atom. The summed E-state index contributed by atoms with van der Waals surface area (Å²) >= 11 is 5.49. The lowest BCUT2D eigenvalue weighted by molar-refractivity contribution is -0.137. The second-order valence-corrected chi connectivity index (χ2v) is 3.89. The molecule has 0 aliphatic rings. The minimum Gasteiger partial charge on any atom is -0.370 e. The van der Waals surface area contributed by atoms with Crippen LogP contribution in [-0.4, -0.2) is 30.6 Å². The highest BCUT2D eigenvalue weighted by Gasteiger charge is 2.31. The van der Waals surface area contributed by atoms with E-state index < -0.39 is 17.6 Å². The summed E-state index contributed by atoms with van der Waals surface area (Å²) in [7, 11) is 0. The Morgan fingerprint density at radius 1 is 1.47 bits per heavy atom. The molecule has 0 atom stereocenters. The first-order valence-corrected chi connectivity index (χ1v) is 5.51. The van der Waals surface area contributed by atoms with E-state index in [0.717, 1.165) is 12.1 Å². The first-order chi connectivity index (χ1) is 8.79. The van der Waals surface area contributed by atoms with Gasteiger partial charge in [-0.1, -0.05) is 11.6 Å². The molecule has 0 aliphatic carbocycles. The summed E-state index contributed by atoms with van der Waals surface area (Å²) in [4.78, 5) is 14.0. The number of anilines is 1. The molecule has 0 saturated heterocycles. The van der Waals surface area contributed by atoms with Crippen molar-refractivity contribution in [3.8, 4) is 0 Å². The molecule has 1 aromatic rings. The quantitative estimate of drug-likeness (QED) is 0.618. The smallest absolute Gasteiger partial charge is 0.370 e. The Morgan fingerprint density at radius 3 is 2.74 bits per heavy atom. The van der Waals surface area contributed by atoms with E-state index in [4.69, 9.17) is 22.1 Å². The Hall–Kier alpha value is -1.54. The molecule has 0 spiro atoms. The zero-order chi connectivity index (χ0) is 14.5. The van der Waals surface area contributed by atoms with Crippen molar-refractivity contribution in [1.82, 2.24) is 4.98 Å². The number of aromatic nitrogens is 1. The van der Waals surface area contributed by atoms with Crippen molar-refractivity contribution in [2.24, 2.45) is 5.73 Å². The van der Waals surface area contributed by atoms with Gasteiger partial charge in [-0.3, -0.25) is 4.79 Å². The summed E-state index contributed by atoms with van der Waals surface area (Å²) in [5, 5.41) is 2.33. The maximum absolute atomic E-state index is 12.5. The first kappa shape index (κ1) is 15.5. The van der Waals surface area contributed by atoms with E-state index in [1.807, 2.05) is 0 Å². The van der Waals surface area contributed by atoms with Gasteiger partial charge in [0.1, 0.15) is 17.6 Å². The fraction of sp³-hybridized carbons (Fsp3) is 0.400. The molecule has 1 aromatic heterocycles. The van der Waals surface area contributed by atoms with Crippen molar-refractivity contribution in [2.45, 2.75) is 6.18 Å². The van der Waals surface area contributed by atoms with Gasteiger partial charge in [-0.05, 0) is 12.1 Å². The number of pyridine rings is 1. The van der Waals surface area contributed by atoms with Crippen molar-refractivity contribution >= 4 is 23.3 Å². The number of nitrogens with zero attached hydrogens (tertiary/aromatic N) is 1. The molecule has 19 heavy (non-hydrogen) atoms. The Labute approximate surface area is 111 Å². The van der Waals surface area contributed by atoms with Crippen LogP contribution in [0.1, 0.15) is 5.56 Å². The van der Waals surface area contributed by atoms with Crippen molar-refractivity contribution in [3.05, 3.63) is 22.8 Å². The highest BCUT2D eigenvalue weighted by Crippen LogP contribution is 2.31. The average molecular weight is 298 g/mol. The largest absolute Gasteiger partial charge is 0.416 e. The molecule has 5 nitrogen and oxygen atoms in total. The van der Waals surface area contributed by atoms with E-state index in [1.165, 1.54) is 0 Å². The van der Waals surface area contributed by atoms with Crippen LogP contribution in [0.4, 0.5) is 19.0 Å². The van der Waals surface area contributed by atoms with Crippen LogP contribution in [0.2, 0.25) is 5.15 Å². The molecule has 1 amide bonds. The number of carbonyl (C=O) groups is 1. The summed E-state index contributed by atoms with van der Waals surface area (Å²) in [5.74, 6) is -0.650.